The lowest BCUT2D eigenvalue weighted by atomic mass is 10.1. The van der Waals surface area contributed by atoms with Crippen LogP contribution in [0.15, 0.2) is 71.6 Å². The van der Waals surface area contributed by atoms with Crippen LogP contribution in [0.5, 0.6) is 5.75 Å². The fourth-order valence-corrected chi connectivity index (χ4v) is 4.73. The van der Waals surface area contributed by atoms with Gasteiger partial charge in [-0.05, 0) is 72.5 Å². The lowest BCUT2D eigenvalue weighted by Gasteiger charge is -2.19. The second kappa shape index (κ2) is 9.37. The number of benzene rings is 3. The average Bonchev–Trinajstić information content (AvgIpc) is 3.58. The lowest BCUT2D eigenvalue weighted by Crippen LogP contribution is -2.16. The Balaban J connectivity index is 1.36. The van der Waals surface area contributed by atoms with Crippen LogP contribution in [-0.2, 0) is 26.7 Å². The molecule has 1 saturated carbocycles. The van der Waals surface area contributed by atoms with Crippen molar-refractivity contribution in [2.24, 2.45) is 0 Å². The van der Waals surface area contributed by atoms with Crippen LogP contribution in [0, 0.1) is 0 Å². The Hall–Kier alpha value is -2.54. The molecule has 0 bridgehead atoms. The van der Waals surface area contributed by atoms with E-state index in [-0.39, 0.29) is 23.0 Å². The molecule has 0 unspecified atom stereocenters. The normalized spacial score (nSPS) is 14.5. The highest BCUT2D eigenvalue weighted by atomic mass is 35.5. The third-order valence-electron chi connectivity index (χ3n) is 5.63. The van der Waals surface area contributed by atoms with Crippen LogP contribution in [0.3, 0.4) is 0 Å². The maximum Gasteiger partial charge on any atom is 0.228 e. The van der Waals surface area contributed by atoms with Gasteiger partial charge in [-0.3, -0.25) is 4.79 Å². The first-order chi connectivity index (χ1) is 15.7. The lowest BCUT2D eigenvalue weighted by molar-refractivity contribution is -0.115. The van der Waals surface area contributed by atoms with Crippen molar-refractivity contribution in [3.05, 3.63) is 87.9 Å². The summed E-state index contributed by atoms with van der Waals surface area (Å²) in [5.41, 5.74) is 1.99. The molecular weight excluding hydrogens is 481 g/mol. The molecule has 1 aliphatic carbocycles. The number of sulfone groups is 1. The predicted octanol–water partition coefficient (Wildman–Crippen LogP) is 6.04. The van der Waals surface area contributed by atoms with E-state index in [4.69, 9.17) is 27.9 Å². The van der Waals surface area contributed by atoms with Crippen molar-refractivity contribution in [2.45, 2.75) is 36.7 Å². The van der Waals surface area contributed by atoms with Gasteiger partial charge in [0.1, 0.15) is 11.4 Å². The topological polar surface area (TPSA) is 72.5 Å². The van der Waals surface area contributed by atoms with Crippen LogP contribution in [0.4, 0.5) is 5.69 Å². The summed E-state index contributed by atoms with van der Waals surface area (Å²) in [6, 6.07) is 19.2. The number of ether oxygens (including phenoxy) is 1. The molecule has 0 atom stereocenters. The first-order valence-corrected chi connectivity index (χ1v) is 13.0. The Kier molecular flexibility index (Phi) is 6.71. The second-order valence-corrected chi connectivity index (χ2v) is 11.1. The molecule has 0 heterocycles. The minimum Gasteiger partial charge on any atom is -0.483 e. The van der Waals surface area contributed by atoms with Crippen molar-refractivity contribution < 1.29 is 17.9 Å². The average molecular weight is 504 g/mol. The summed E-state index contributed by atoms with van der Waals surface area (Å²) in [6.07, 6.45) is 1.93. The highest BCUT2D eigenvalue weighted by molar-refractivity contribution is 7.91. The standard InChI is InChI=1S/C25H23Cl2NO4S/c1-2-33(30,31)21-10-3-17(4-11-21)15-24(29)28-19-6-8-20(9-7-19)32-25(13-14-25)18-5-12-22(26)23(27)16-18/h3-12,16H,2,13-15H2,1H3,(H,28,29). The number of hydrogen-bond donors (Lipinski definition) is 1. The molecule has 172 valence electrons. The molecule has 3 aromatic rings. The molecule has 1 amide bonds. The Morgan fingerprint density at radius 2 is 1.64 bits per heavy atom. The molecule has 1 fully saturated rings. The van der Waals surface area contributed by atoms with Gasteiger partial charge in [0.05, 0.1) is 27.1 Å². The molecule has 4 rings (SSSR count). The molecular formula is C25H23Cl2NO4S. The van der Waals surface area contributed by atoms with E-state index in [0.717, 1.165) is 24.0 Å². The highest BCUT2D eigenvalue weighted by Gasteiger charge is 2.47. The number of amides is 1. The van der Waals surface area contributed by atoms with Gasteiger partial charge in [0.2, 0.25) is 5.91 Å². The summed E-state index contributed by atoms with van der Waals surface area (Å²) >= 11 is 12.2. The number of hydrogen-bond acceptors (Lipinski definition) is 4. The Morgan fingerprint density at radius 3 is 2.21 bits per heavy atom. The van der Waals surface area contributed by atoms with Crippen molar-refractivity contribution in [3.63, 3.8) is 0 Å². The largest absolute Gasteiger partial charge is 0.483 e. The van der Waals surface area contributed by atoms with Crippen molar-refractivity contribution in [3.8, 4) is 5.75 Å². The molecule has 3 aromatic carbocycles. The Morgan fingerprint density at radius 1 is 0.970 bits per heavy atom. The van der Waals surface area contributed by atoms with E-state index in [1.807, 2.05) is 24.3 Å². The smallest absolute Gasteiger partial charge is 0.228 e. The number of carbonyl (C=O) groups is 1. The van der Waals surface area contributed by atoms with Gasteiger partial charge in [0.25, 0.3) is 0 Å². The van der Waals surface area contributed by atoms with Gasteiger partial charge in [-0.2, -0.15) is 0 Å². The summed E-state index contributed by atoms with van der Waals surface area (Å²) < 4.78 is 30.0. The first kappa shape index (κ1) is 23.6. The van der Waals surface area contributed by atoms with Gasteiger partial charge in [0, 0.05) is 5.69 Å². The molecule has 1 aliphatic rings. The minimum atomic E-state index is -3.25. The van der Waals surface area contributed by atoms with Crippen molar-refractivity contribution in [1.82, 2.24) is 0 Å². The summed E-state index contributed by atoms with van der Waals surface area (Å²) in [5.74, 6) is 0.551. The monoisotopic (exact) mass is 503 g/mol. The molecule has 5 nitrogen and oxygen atoms in total. The van der Waals surface area contributed by atoms with Gasteiger partial charge < -0.3 is 10.1 Å². The molecule has 1 N–H and O–H groups in total. The third-order valence-corrected chi connectivity index (χ3v) is 8.12. The van der Waals surface area contributed by atoms with Gasteiger partial charge in [-0.1, -0.05) is 48.3 Å². The summed E-state index contributed by atoms with van der Waals surface area (Å²) in [5, 5.41) is 3.87. The van der Waals surface area contributed by atoms with E-state index in [9.17, 15) is 13.2 Å². The van der Waals surface area contributed by atoms with Crippen LogP contribution < -0.4 is 10.1 Å². The maximum absolute atomic E-state index is 12.4. The predicted molar refractivity (Wildman–Crippen MR) is 131 cm³/mol. The number of halogens is 2. The number of rotatable bonds is 8. The first-order valence-electron chi connectivity index (χ1n) is 10.6. The number of nitrogens with one attached hydrogen (secondary N) is 1. The van der Waals surface area contributed by atoms with Crippen LogP contribution in [0.2, 0.25) is 10.0 Å². The Bertz CT molecular complexity index is 1270. The molecule has 0 aliphatic heterocycles. The van der Waals surface area contributed by atoms with Gasteiger partial charge >= 0.3 is 0 Å². The fourth-order valence-electron chi connectivity index (χ4n) is 3.55. The van der Waals surface area contributed by atoms with Crippen LogP contribution >= 0.6 is 23.2 Å². The van der Waals surface area contributed by atoms with Crippen molar-refractivity contribution >= 4 is 44.6 Å². The molecule has 0 aromatic heterocycles. The van der Waals surface area contributed by atoms with Gasteiger partial charge in [-0.25, -0.2) is 8.42 Å². The zero-order chi connectivity index (χ0) is 23.6. The van der Waals surface area contributed by atoms with E-state index >= 15 is 0 Å². The molecule has 33 heavy (non-hydrogen) atoms. The molecule has 0 saturated heterocycles. The quantitative estimate of drug-likeness (QED) is 0.406. The third kappa shape index (κ3) is 5.52. The molecule has 8 heteroatoms. The van der Waals surface area contributed by atoms with E-state index in [0.29, 0.717) is 21.5 Å². The minimum absolute atomic E-state index is 0.0428. The van der Waals surface area contributed by atoms with Crippen molar-refractivity contribution in [2.75, 3.05) is 11.1 Å². The number of carbonyl (C=O) groups excluding carboxylic acids is 1. The van der Waals surface area contributed by atoms with E-state index in [2.05, 4.69) is 5.32 Å². The number of anilines is 1. The van der Waals surface area contributed by atoms with Crippen LogP contribution in [0.25, 0.3) is 0 Å². The highest BCUT2D eigenvalue weighted by Crippen LogP contribution is 2.50. The summed E-state index contributed by atoms with van der Waals surface area (Å²) in [7, 11) is -3.25. The van der Waals surface area contributed by atoms with Gasteiger partial charge in [-0.15, -0.1) is 0 Å². The van der Waals surface area contributed by atoms with Gasteiger partial charge in [0.15, 0.2) is 9.84 Å². The van der Waals surface area contributed by atoms with E-state index in [1.54, 1.807) is 37.3 Å². The second-order valence-electron chi connectivity index (χ2n) is 8.02. The maximum atomic E-state index is 12.4. The van der Waals surface area contributed by atoms with Crippen LogP contribution in [0.1, 0.15) is 30.9 Å². The SMILES string of the molecule is CCS(=O)(=O)c1ccc(CC(=O)Nc2ccc(OC3(c4ccc(Cl)c(Cl)c4)CC3)cc2)cc1. The fraction of sp³-hybridized carbons (Fsp3) is 0.240. The summed E-state index contributed by atoms with van der Waals surface area (Å²) in [4.78, 5) is 12.7. The van der Waals surface area contributed by atoms with E-state index in [1.165, 1.54) is 12.1 Å². The summed E-state index contributed by atoms with van der Waals surface area (Å²) in [6.45, 7) is 1.60. The Labute approximate surface area is 203 Å². The zero-order valence-corrected chi connectivity index (χ0v) is 20.3. The van der Waals surface area contributed by atoms with E-state index < -0.39 is 15.4 Å². The van der Waals surface area contributed by atoms with Crippen molar-refractivity contribution in [1.29, 1.82) is 0 Å². The zero-order valence-electron chi connectivity index (χ0n) is 18.0. The molecule has 0 spiro atoms. The van der Waals surface area contributed by atoms with Crippen LogP contribution in [-0.4, -0.2) is 20.1 Å². The molecule has 0 radical (unpaired) electrons.